The lowest BCUT2D eigenvalue weighted by Gasteiger charge is -2.36. The molecular formula is C22H20BrN3O3. The first kappa shape index (κ1) is 19.3. The number of carbonyl (C=O) groups excluding carboxylic acids is 2. The molecule has 0 saturated heterocycles. The van der Waals surface area contributed by atoms with Gasteiger partial charge in [0.05, 0.1) is 5.56 Å². The fourth-order valence-electron chi connectivity index (χ4n) is 3.31. The molecule has 148 valence electrons. The second kappa shape index (κ2) is 7.75. The minimum Gasteiger partial charge on any atom is -0.480 e. The van der Waals surface area contributed by atoms with Crippen LogP contribution >= 0.6 is 15.9 Å². The number of nitrogens with zero attached hydrogens (tertiary/aromatic N) is 1. The maximum absolute atomic E-state index is 12.9. The first-order valence-corrected chi connectivity index (χ1v) is 10.1. The van der Waals surface area contributed by atoms with E-state index in [9.17, 15) is 9.59 Å². The van der Waals surface area contributed by atoms with Gasteiger partial charge in [0.15, 0.2) is 6.10 Å². The smallest absolute Gasteiger partial charge is 0.279 e. The van der Waals surface area contributed by atoms with Gasteiger partial charge in [-0.25, -0.2) is 5.01 Å². The summed E-state index contributed by atoms with van der Waals surface area (Å²) in [5.41, 5.74) is 3.91. The SMILES string of the molecule is CC(Oc1cccc2ccccc12)C(=O)NN1C(=O)c2cc(Br)ccc2NC1C. The van der Waals surface area contributed by atoms with E-state index in [-0.39, 0.29) is 5.91 Å². The highest BCUT2D eigenvalue weighted by atomic mass is 79.9. The molecule has 29 heavy (non-hydrogen) atoms. The number of nitrogens with one attached hydrogen (secondary N) is 2. The van der Waals surface area contributed by atoms with Crippen LogP contribution < -0.4 is 15.5 Å². The first-order valence-electron chi connectivity index (χ1n) is 9.28. The number of hydrogen-bond donors (Lipinski definition) is 2. The van der Waals surface area contributed by atoms with Crippen LogP contribution in [0.3, 0.4) is 0 Å². The van der Waals surface area contributed by atoms with Gasteiger partial charge in [0.25, 0.3) is 11.8 Å². The molecule has 0 saturated carbocycles. The molecule has 1 heterocycles. The number of hydrazine groups is 1. The number of fused-ring (bicyclic) bond motifs is 2. The van der Waals surface area contributed by atoms with E-state index in [0.717, 1.165) is 20.9 Å². The molecule has 0 radical (unpaired) electrons. The zero-order valence-electron chi connectivity index (χ0n) is 16.0. The molecule has 4 rings (SSSR count). The summed E-state index contributed by atoms with van der Waals surface area (Å²) in [7, 11) is 0. The Morgan fingerprint density at radius 3 is 2.76 bits per heavy atom. The number of amides is 2. The normalized spacial score (nSPS) is 16.7. The van der Waals surface area contributed by atoms with Crippen molar-refractivity contribution in [2.24, 2.45) is 0 Å². The fourth-order valence-corrected chi connectivity index (χ4v) is 3.68. The lowest BCUT2D eigenvalue weighted by Crippen LogP contribution is -2.58. The molecule has 0 bridgehead atoms. The first-order chi connectivity index (χ1) is 13.9. The van der Waals surface area contributed by atoms with Crippen LogP contribution in [-0.4, -0.2) is 29.1 Å². The minimum atomic E-state index is -0.787. The summed E-state index contributed by atoms with van der Waals surface area (Å²) < 4.78 is 6.70. The van der Waals surface area contributed by atoms with Gasteiger partial charge >= 0.3 is 0 Å². The predicted molar refractivity (Wildman–Crippen MR) is 116 cm³/mol. The van der Waals surface area contributed by atoms with Crippen LogP contribution in [0.5, 0.6) is 5.75 Å². The molecule has 2 unspecified atom stereocenters. The molecule has 1 aliphatic rings. The standard InChI is InChI=1S/C22H20BrN3O3/c1-13(29-20-9-5-7-15-6-3-4-8-17(15)20)21(27)25-26-14(2)24-19-11-10-16(23)12-18(19)22(26)28/h3-14,24H,1-2H3,(H,25,27). The number of benzene rings is 3. The van der Waals surface area contributed by atoms with Gasteiger partial charge in [0.1, 0.15) is 11.9 Å². The minimum absolute atomic E-state index is 0.279. The lowest BCUT2D eigenvalue weighted by molar-refractivity contribution is -0.131. The van der Waals surface area contributed by atoms with Crippen molar-refractivity contribution in [2.75, 3.05) is 5.32 Å². The van der Waals surface area contributed by atoms with Gasteiger partial charge in [-0.2, -0.15) is 0 Å². The van der Waals surface area contributed by atoms with Crippen molar-refractivity contribution in [3.8, 4) is 5.75 Å². The molecule has 2 amide bonds. The van der Waals surface area contributed by atoms with E-state index in [1.165, 1.54) is 5.01 Å². The Morgan fingerprint density at radius 2 is 1.93 bits per heavy atom. The molecule has 0 spiro atoms. The van der Waals surface area contributed by atoms with Gasteiger partial charge in [-0.15, -0.1) is 0 Å². The average molecular weight is 454 g/mol. The summed E-state index contributed by atoms with van der Waals surface area (Å²) in [5.74, 6) is -0.0622. The number of halogens is 1. The largest absolute Gasteiger partial charge is 0.480 e. The van der Waals surface area contributed by atoms with E-state index in [4.69, 9.17) is 4.74 Å². The van der Waals surface area contributed by atoms with Crippen molar-refractivity contribution < 1.29 is 14.3 Å². The Labute approximate surface area is 176 Å². The molecule has 3 aromatic carbocycles. The van der Waals surface area contributed by atoms with E-state index in [2.05, 4.69) is 26.7 Å². The molecule has 0 fully saturated rings. The monoisotopic (exact) mass is 453 g/mol. The highest BCUT2D eigenvalue weighted by Gasteiger charge is 2.32. The Balaban J connectivity index is 1.50. The fraction of sp³-hybridized carbons (Fsp3) is 0.182. The third-order valence-corrected chi connectivity index (χ3v) is 5.33. The average Bonchev–Trinajstić information content (AvgIpc) is 2.72. The second-order valence-corrected chi connectivity index (χ2v) is 7.81. The van der Waals surface area contributed by atoms with Gasteiger partial charge in [0.2, 0.25) is 0 Å². The van der Waals surface area contributed by atoms with Gasteiger partial charge in [-0.1, -0.05) is 52.3 Å². The third-order valence-electron chi connectivity index (χ3n) is 4.84. The van der Waals surface area contributed by atoms with Crippen molar-refractivity contribution in [3.05, 3.63) is 70.7 Å². The number of hydrogen-bond acceptors (Lipinski definition) is 4. The molecule has 2 N–H and O–H groups in total. The third kappa shape index (κ3) is 3.78. The Kier molecular flexibility index (Phi) is 5.15. The van der Waals surface area contributed by atoms with Gasteiger partial charge in [-0.3, -0.25) is 15.0 Å². The Morgan fingerprint density at radius 1 is 1.17 bits per heavy atom. The van der Waals surface area contributed by atoms with Crippen molar-refractivity contribution >= 4 is 44.2 Å². The Hall–Kier alpha value is -3.06. The van der Waals surface area contributed by atoms with E-state index in [0.29, 0.717) is 11.3 Å². The van der Waals surface area contributed by atoms with Crippen LogP contribution in [0.15, 0.2) is 65.1 Å². The topological polar surface area (TPSA) is 70.7 Å². The van der Waals surface area contributed by atoms with Crippen molar-refractivity contribution in [2.45, 2.75) is 26.1 Å². The maximum Gasteiger partial charge on any atom is 0.279 e. The molecule has 7 heteroatoms. The zero-order valence-corrected chi connectivity index (χ0v) is 17.6. The summed E-state index contributed by atoms with van der Waals surface area (Å²) in [6.45, 7) is 3.47. The van der Waals surface area contributed by atoms with Crippen LogP contribution in [0.25, 0.3) is 10.8 Å². The van der Waals surface area contributed by atoms with E-state index >= 15 is 0 Å². The summed E-state index contributed by atoms with van der Waals surface area (Å²) in [4.78, 5) is 25.6. The van der Waals surface area contributed by atoms with Gasteiger partial charge < -0.3 is 10.1 Å². The highest BCUT2D eigenvalue weighted by Crippen LogP contribution is 2.28. The second-order valence-electron chi connectivity index (χ2n) is 6.90. The molecule has 6 nitrogen and oxygen atoms in total. The zero-order chi connectivity index (χ0) is 20.5. The molecule has 0 aromatic heterocycles. The summed E-state index contributed by atoms with van der Waals surface area (Å²) >= 11 is 3.38. The number of rotatable bonds is 4. The predicted octanol–water partition coefficient (Wildman–Crippen LogP) is 4.31. The van der Waals surface area contributed by atoms with Crippen molar-refractivity contribution in [1.29, 1.82) is 0 Å². The van der Waals surface area contributed by atoms with Crippen LogP contribution in [0, 0.1) is 0 Å². The molecule has 2 atom stereocenters. The molecule has 1 aliphatic heterocycles. The summed E-state index contributed by atoms with van der Waals surface area (Å²) in [6.07, 6.45) is -1.19. The summed E-state index contributed by atoms with van der Waals surface area (Å²) in [5, 5.41) is 6.47. The number of carbonyl (C=O) groups is 2. The number of anilines is 1. The number of ether oxygens (including phenoxy) is 1. The van der Waals surface area contributed by atoms with Crippen LogP contribution in [0.1, 0.15) is 24.2 Å². The lowest BCUT2D eigenvalue weighted by atomic mass is 10.1. The van der Waals surface area contributed by atoms with Crippen molar-refractivity contribution in [3.63, 3.8) is 0 Å². The molecule has 0 aliphatic carbocycles. The van der Waals surface area contributed by atoms with E-state index < -0.39 is 18.2 Å². The quantitative estimate of drug-likeness (QED) is 0.617. The molecule has 3 aromatic rings. The van der Waals surface area contributed by atoms with Crippen LogP contribution in [0.2, 0.25) is 0 Å². The van der Waals surface area contributed by atoms with Gasteiger partial charge in [-0.05, 0) is 43.5 Å². The highest BCUT2D eigenvalue weighted by molar-refractivity contribution is 9.10. The maximum atomic E-state index is 12.9. The van der Waals surface area contributed by atoms with E-state index in [1.54, 1.807) is 19.9 Å². The summed E-state index contributed by atoms with van der Waals surface area (Å²) in [6, 6.07) is 18.9. The van der Waals surface area contributed by atoms with Crippen LogP contribution in [0.4, 0.5) is 5.69 Å². The Bertz CT molecular complexity index is 1100. The van der Waals surface area contributed by atoms with Crippen molar-refractivity contribution in [1.82, 2.24) is 10.4 Å². The van der Waals surface area contributed by atoms with Crippen LogP contribution in [-0.2, 0) is 4.79 Å². The molecular weight excluding hydrogens is 434 g/mol. The van der Waals surface area contributed by atoms with E-state index in [1.807, 2.05) is 54.6 Å². The van der Waals surface area contributed by atoms with Gasteiger partial charge in [0, 0.05) is 15.5 Å².